The van der Waals surface area contributed by atoms with E-state index < -0.39 is 10.0 Å². The molecule has 2 fully saturated rings. The number of amides is 1. The minimum absolute atomic E-state index is 0.0691. The molecular formula is C17H25N3O4S. The van der Waals surface area contributed by atoms with Crippen LogP contribution < -0.4 is 0 Å². The summed E-state index contributed by atoms with van der Waals surface area (Å²) in [7, 11) is -3.26. The molecule has 0 radical (unpaired) electrons. The molecule has 0 spiro atoms. The van der Waals surface area contributed by atoms with Crippen LogP contribution in [0.4, 0.5) is 0 Å². The summed E-state index contributed by atoms with van der Waals surface area (Å²) < 4.78 is 30.9. The molecule has 1 aromatic heterocycles. The van der Waals surface area contributed by atoms with Crippen LogP contribution in [0.15, 0.2) is 24.5 Å². The molecule has 2 aliphatic rings. The van der Waals surface area contributed by atoms with Crippen LogP contribution in [0, 0.1) is 0 Å². The Bertz CT molecular complexity index is 689. The Kier molecular flexibility index (Phi) is 5.71. The van der Waals surface area contributed by atoms with Crippen molar-refractivity contribution in [2.45, 2.75) is 37.8 Å². The number of rotatable bonds is 4. The molecule has 3 rings (SSSR count). The summed E-state index contributed by atoms with van der Waals surface area (Å²) >= 11 is 0. The summed E-state index contributed by atoms with van der Waals surface area (Å²) in [5, 5.41) is 0. The third-order valence-electron chi connectivity index (χ3n) is 4.95. The van der Waals surface area contributed by atoms with E-state index in [1.807, 2.05) is 4.90 Å². The highest BCUT2D eigenvalue weighted by atomic mass is 32.2. The molecule has 2 aliphatic heterocycles. The number of nitrogens with zero attached hydrogens (tertiary/aromatic N) is 3. The maximum absolute atomic E-state index is 13.2. The smallest absolute Gasteiger partial charge is 0.255 e. The van der Waals surface area contributed by atoms with Crippen molar-refractivity contribution in [2.75, 3.05) is 32.6 Å². The lowest BCUT2D eigenvalue weighted by Gasteiger charge is -2.43. The zero-order valence-electron chi connectivity index (χ0n) is 14.5. The van der Waals surface area contributed by atoms with E-state index in [1.165, 1.54) is 10.6 Å². The van der Waals surface area contributed by atoms with E-state index in [-0.39, 0.29) is 18.0 Å². The maximum Gasteiger partial charge on any atom is 0.255 e. The monoisotopic (exact) mass is 367 g/mol. The van der Waals surface area contributed by atoms with Crippen molar-refractivity contribution >= 4 is 15.9 Å². The van der Waals surface area contributed by atoms with E-state index in [1.54, 1.807) is 24.5 Å². The van der Waals surface area contributed by atoms with Gasteiger partial charge in [-0.1, -0.05) is 0 Å². The minimum atomic E-state index is -3.26. The second-order valence-electron chi connectivity index (χ2n) is 6.71. The van der Waals surface area contributed by atoms with E-state index in [9.17, 15) is 13.2 Å². The van der Waals surface area contributed by atoms with Gasteiger partial charge in [-0.25, -0.2) is 12.7 Å². The van der Waals surface area contributed by atoms with Crippen molar-refractivity contribution in [3.63, 3.8) is 0 Å². The van der Waals surface area contributed by atoms with Gasteiger partial charge in [0.2, 0.25) is 10.0 Å². The molecule has 0 saturated carbocycles. The van der Waals surface area contributed by atoms with Gasteiger partial charge in [0.25, 0.3) is 5.91 Å². The number of ether oxygens (including phenoxy) is 1. The zero-order chi connectivity index (χ0) is 17.9. The van der Waals surface area contributed by atoms with Gasteiger partial charge in [-0.3, -0.25) is 9.78 Å². The van der Waals surface area contributed by atoms with Crippen molar-refractivity contribution in [1.82, 2.24) is 14.2 Å². The predicted molar refractivity (Wildman–Crippen MR) is 93.7 cm³/mol. The van der Waals surface area contributed by atoms with Crippen LogP contribution in [0.2, 0.25) is 0 Å². The van der Waals surface area contributed by atoms with Crippen LogP contribution in [0.3, 0.4) is 0 Å². The van der Waals surface area contributed by atoms with Gasteiger partial charge < -0.3 is 9.64 Å². The van der Waals surface area contributed by atoms with E-state index in [0.29, 0.717) is 31.9 Å². The second-order valence-corrected chi connectivity index (χ2v) is 8.70. The topological polar surface area (TPSA) is 79.8 Å². The third kappa shape index (κ3) is 4.37. The zero-order valence-corrected chi connectivity index (χ0v) is 15.3. The minimum Gasteiger partial charge on any atom is -0.381 e. The van der Waals surface area contributed by atoms with Crippen LogP contribution in [0.5, 0.6) is 0 Å². The highest BCUT2D eigenvalue weighted by Gasteiger charge is 2.36. The molecule has 1 amide bonds. The number of carbonyl (C=O) groups excluding carboxylic acids is 1. The fourth-order valence-electron chi connectivity index (χ4n) is 3.68. The Morgan fingerprint density at radius 3 is 2.68 bits per heavy atom. The van der Waals surface area contributed by atoms with Gasteiger partial charge in [-0.2, -0.15) is 0 Å². The lowest BCUT2D eigenvalue weighted by Crippen LogP contribution is -2.56. The van der Waals surface area contributed by atoms with E-state index >= 15 is 0 Å². The number of hydrogen-bond donors (Lipinski definition) is 0. The largest absolute Gasteiger partial charge is 0.381 e. The third-order valence-corrected chi connectivity index (χ3v) is 6.22. The van der Waals surface area contributed by atoms with Gasteiger partial charge in [0.05, 0.1) is 11.8 Å². The number of hydrogen-bond acceptors (Lipinski definition) is 5. The predicted octanol–water partition coefficient (Wildman–Crippen LogP) is 1.13. The highest BCUT2D eigenvalue weighted by Crippen LogP contribution is 2.26. The first-order valence-electron chi connectivity index (χ1n) is 8.72. The van der Waals surface area contributed by atoms with Crippen LogP contribution in [0.25, 0.3) is 0 Å². The fourth-order valence-corrected chi connectivity index (χ4v) is 4.58. The summed E-state index contributed by atoms with van der Waals surface area (Å²) in [6.45, 7) is 2.15. The second kappa shape index (κ2) is 7.80. The molecule has 0 aliphatic carbocycles. The molecule has 3 heterocycles. The molecular weight excluding hydrogens is 342 g/mol. The Hall–Kier alpha value is -1.51. The number of pyridine rings is 1. The summed E-state index contributed by atoms with van der Waals surface area (Å²) in [6, 6.07) is 3.47. The standard InChI is InChI=1S/C17H25N3O4S/c1-25(22,23)19-9-3-5-16(13-19)20(15-6-10-24-11-7-15)17(21)14-4-2-8-18-12-14/h2,4,8,12,15-16H,3,5-7,9-11,13H2,1H3. The number of aromatic nitrogens is 1. The van der Waals surface area contributed by atoms with Gasteiger partial charge >= 0.3 is 0 Å². The van der Waals surface area contributed by atoms with Gasteiger partial charge in [-0.05, 0) is 37.8 Å². The van der Waals surface area contributed by atoms with Crippen LogP contribution >= 0.6 is 0 Å². The van der Waals surface area contributed by atoms with E-state index in [0.717, 1.165) is 25.7 Å². The van der Waals surface area contributed by atoms with E-state index in [4.69, 9.17) is 4.74 Å². The lowest BCUT2D eigenvalue weighted by molar-refractivity contribution is 0.00860. The molecule has 0 bridgehead atoms. The molecule has 1 atom stereocenters. The normalized spacial score (nSPS) is 23.3. The van der Waals surface area contributed by atoms with Crippen molar-refractivity contribution in [1.29, 1.82) is 0 Å². The summed E-state index contributed by atoms with van der Waals surface area (Å²) in [6.07, 6.45) is 7.58. The van der Waals surface area contributed by atoms with Gasteiger partial charge in [0.1, 0.15) is 0 Å². The molecule has 7 nitrogen and oxygen atoms in total. The average Bonchev–Trinajstić information content (AvgIpc) is 2.63. The summed E-state index contributed by atoms with van der Waals surface area (Å²) in [4.78, 5) is 19.1. The number of sulfonamides is 1. The van der Waals surface area contributed by atoms with Crippen LogP contribution in [-0.2, 0) is 14.8 Å². The molecule has 8 heteroatoms. The number of carbonyl (C=O) groups is 1. The fraction of sp³-hybridized carbons (Fsp3) is 0.647. The number of piperidine rings is 1. The quantitative estimate of drug-likeness (QED) is 0.797. The first-order valence-corrected chi connectivity index (χ1v) is 10.6. The molecule has 25 heavy (non-hydrogen) atoms. The highest BCUT2D eigenvalue weighted by molar-refractivity contribution is 7.88. The summed E-state index contributed by atoms with van der Waals surface area (Å²) in [5.41, 5.74) is 0.547. The van der Waals surface area contributed by atoms with Gasteiger partial charge in [-0.15, -0.1) is 0 Å². The average molecular weight is 367 g/mol. The van der Waals surface area contributed by atoms with Crippen molar-refractivity contribution in [3.05, 3.63) is 30.1 Å². The molecule has 0 N–H and O–H groups in total. The molecule has 0 aromatic carbocycles. The Balaban J connectivity index is 1.86. The Morgan fingerprint density at radius 1 is 1.28 bits per heavy atom. The molecule has 1 unspecified atom stereocenters. The SMILES string of the molecule is CS(=O)(=O)N1CCCC(N(C(=O)c2cccnc2)C2CCOCC2)C1. The first kappa shape index (κ1) is 18.3. The molecule has 1 aromatic rings. The van der Waals surface area contributed by atoms with Crippen molar-refractivity contribution in [3.8, 4) is 0 Å². The van der Waals surface area contributed by atoms with E-state index in [2.05, 4.69) is 4.98 Å². The Labute approximate surface area is 149 Å². The van der Waals surface area contributed by atoms with Gasteiger partial charge in [0.15, 0.2) is 0 Å². The first-order chi connectivity index (χ1) is 12.0. The van der Waals surface area contributed by atoms with Crippen LogP contribution in [0.1, 0.15) is 36.0 Å². The summed E-state index contributed by atoms with van der Waals surface area (Å²) in [5.74, 6) is -0.0691. The molecule has 138 valence electrons. The van der Waals surface area contributed by atoms with Crippen molar-refractivity contribution in [2.24, 2.45) is 0 Å². The van der Waals surface area contributed by atoms with Crippen LogP contribution in [-0.4, -0.2) is 73.2 Å². The maximum atomic E-state index is 13.2. The lowest BCUT2D eigenvalue weighted by atomic mass is 9.98. The Morgan fingerprint density at radius 2 is 2.04 bits per heavy atom. The molecule has 2 saturated heterocycles. The van der Waals surface area contributed by atoms with Crippen molar-refractivity contribution < 1.29 is 17.9 Å². The van der Waals surface area contributed by atoms with Gasteiger partial charge in [0, 0.05) is 50.8 Å².